The van der Waals surface area contributed by atoms with E-state index in [2.05, 4.69) is 15.3 Å². The fourth-order valence-corrected chi connectivity index (χ4v) is 3.75. The molecular weight excluding hydrogens is 380 g/mol. The van der Waals surface area contributed by atoms with Crippen molar-refractivity contribution in [2.24, 2.45) is 5.92 Å². The third-order valence-corrected chi connectivity index (χ3v) is 5.30. The van der Waals surface area contributed by atoms with Crippen LogP contribution in [0.25, 0.3) is 0 Å². The van der Waals surface area contributed by atoms with Gasteiger partial charge in [-0.05, 0) is 31.9 Å². The molecule has 0 saturated carbocycles. The van der Waals surface area contributed by atoms with Gasteiger partial charge in [0.1, 0.15) is 0 Å². The molecule has 1 aliphatic rings. The van der Waals surface area contributed by atoms with Crippen LogP contribution in [-0.2, 0) is 20.7 Å². The molecule has 0 atom stereocenters. The highest BCUT2D eigenvalue weighted by molar-refractivity contribution is 7.13. The predicted molar refractivity (Wildman–Crippen MR) is 104 cm³/mol. The summed E-state index contributed by atoms with van der Waals surface area (Å²) in [6.07, 6.45) is 4.48. The number of hydrogen-bond donors (Lipinski definition) is 1. The van der Waals surface area contributed by atoms with Crippen LogP contribution in [0.1, 0.15) is 35.8 Å². The number of piperidine rings is 1. The molecule has 148 valence electrons. The number of rotatable bonds is 6. The second-order valence-electron chi connectivity index (χ2n) is 6.42. The molecule has 2 aromatic heterocycles. The molecule has 3 rings (SSSR count). The van der Waals surface area contributed by atoms with E-state index >= 15 is 0 Å². The minimum absolute atomic E-state index is 0.0372. The fraction of sp³-hybridized carbons (Fsp3) is 0.421. The van der Waals surface area contributed by atoms with E-state index in [-0.39, 0.29) is 30.1 Å². The first-order valence-corrected chi connectivity index (χ1v) is 10.0. The molecule has 2 amide bonds. The van der Waals surface area contributed by atoms with Gasteiger partial charge in [-0.15, -0.1) is 11.3 Å². The minimum Gasteiger partial charge on any atom is -0.466 e. The summed E-state index contributed by atoms with van der Waals surface area (Å²) < 4.78 is 4.90. The van der Waals surface area contributed by atoms with Gasteiger partial charge in [0.15, 0.2) is 5.13 Å². The Kier molecular flexibility index (Phi) is 6.70. The number of nitrogens with zero attached hydrogens (tertiary/aromatic N) is 3. The Morgan fingerprint density at radius 1 is 1.25 bits per heavy atom. The van der Waals surface area contributed by atoms with Gasteiger partial charge in [-0.1, -0.05) is 0 Å². The molecule has 1 aliphatic heterocycles. The van der Waals surface area contributed by atoms with Crippen molar-refractivity contribution in [3.8, 4) is 0 Å². The predicted octanol–water partition coefficient (Wildman–Crippen LogP) is 2.13. The van der Waals surface area contributed by atoms with Crippen LogP contribution in [0.2, 0.25) is 0 Å². The van der Waals surface area contributed by atoms with E-state index in [1.807, 2.05) is 0 Å². The highest BCUT2D eigenvalue weighted by atomic mass is 32.1. The van der Waals surface area contributed by atoms with Gasteiger partial charge in [-0.3, -0.25) is 19.4 Å². The van der Waals surface area contributed by atoms with E-state index in [9.17, 15) is 14.4 Å². The van der Waals surface area contributed by atoms with Crippen molar-refractivity contribution in [1.29, 1.82) is 0 Å². The number of amides is 2. The summed E-state index contributed by atoms with van der Waals surface area (Å²) in [5.41, 5.74) is 1.19. The molecule has 1 fully saturated rings. The standard InChI is InChI=1S/C19H22N4O4S/c1-2-27-16(24)11-15-12-28-19(21-15)22-17(25)13-5-9-23(10-6-13)18(26)14-3-7-20-8-4-14/h3-4,7-8,12-13H,2,5-6,9-11H2,1H3,(H,21,22,25). The van der Waals surface area contributed by atoms with E-state index in [1.54, 1.807) is 41.7 Å². The third-order valence-electron chi connectivity index (χ3n) is 4.49. The summed E-state index contributed by atoms with van der Waals surface area (Å²) in [5.74, 6) is -0.645. The zero-order valence-corrected chi connectivity index (χ0v) is 16.4. The first kappa shape index (κ1) is 19.9. The van der Waals surface area contributed by atoms with Crippen LogP contribution in [0, 0.1) is 5.92 Å². The molecule has 3 heterocycles. The van der Waals surface area contributed by atoms with E-state index < -0.39 is 0 Å². The molecule has 0 spiro atoms. The molecule has 1 N–H and O–H groups in total. The summed E-state index contributed by atoms with van der Waals surface area (Å²) in [5, 5.41) is 5.03. The van der Waals surface area contributed by atoms with Crippen LogP contribution >= 0.6 is 11.3 Å². The lowest BCUT2D eigenvalue weighted by Crippen LogP contribution is -2.41. The van der Waals surface area contributed by atoms with Crippen LogP contribution in [0.3, 0.4) is 0 Å². The molecule has 9 heteroatoms. The number of ether oxygens (including phenoxy) is 1. The highest BCUT2D eigenvalue weighted by Gasteiger charge is 2.28. The van der Waals surface area contributed by atoms with Gasteiger partial charge in [0.2, 0.25) is 5.91 Å². The Morgan fingerprint density at radius 2 is 1.96 bits per heavy atom. The molecule has 0 aliphatic carbocycles. The SMILES string of the molecule is CCOC(=O)Cc1csc(NC(=O)C2CCN(C(=O)c3ccncc3)CC2)n1. The summed E-state index contributed by atoms with van der Waals surface area (Å²) >= 11 is 1.28. The maximum Gasteiger partial charge on any atom is 0.311 e. The lowest BCUT2D eigenvalue weighted by molar-refractivity contribution is -0.142. The normalized spacial score (nSPS) is 14.5. The quantitative estimate of drug-likeness (QED) is 0.743. The summed E-state index contributed by atoms with van der Waals surface area (Å²) in [6.45, 7) is 3.14. The average Bonchev–Trinajstić information content (AvgIpc) is 3.15. The number of esters is 1. The number of thiazole rings is 1. The van der Waals surface area contributed by atoms with Gasteiger partial charge < -0.3 is 15.0 Å². The Balaban J connectivity index is 1.48. The Morgan fingerprint density at radius 3 is 2.64 bits per heavy atom. The smallest absolute Gasteiger partial charge is 0.311 e. The lowest BCUT2D eigenvalue weighted by atomic mass is 9.95. The van der Waals surface area contributed by atoms with Crippen molar-refractivity contribution in [2.45, 2.75) is 26.2 Å². The van der Waals surface area contributed by atoms with Gasteiger partial charge in [-0.25, -0.2) is 4.98 Å². The average molecular weight is 402 g/mol. The molecule has 1 saturated heterocycles. The number of aromatic nitrogens is 2. The number of carbonyl (C=O) groups excluding carboxylic acids is 3. The number of pyridine rings is 1. The zero-order chi connectivity index (χ0) is 19.9. The monoisotopic (exact) mass is 402 g/mol. The van der Waals surface area contributed by atoms with Crippen molar-refractivity contribution >= 4 is 34.3 Å². The Hall–Kier alpha value is -2.81. The van der Waals surface area contributed by atoms with Crippen LogP contribution in [0.15, 0.2) is 29.9 Å². The summed E-state index contributed by atoms with van der Waals surface area (Å²) in [7, 11) is 0. The van der Waals surface area contributed by atoms with Crippen molar-refractivity contribution in [1.82, 2.24) is 14.9 Å². The van der Waals surface area contributed by atoms with Crippen LogP contribution in [-0.4, -0.2) is 52.3 Å². The number of carbonyl (C=O) groups is 3. The first-order chi connectivity index (χ1) is 13.6. The molecule has 0 radical (unpaired) electrons. The zero-order valence-electron chi connectivity index (χ0n) is 15.6. The molecule has 0 unspecified atom stereocenters. The molecule has 0 aromatic carbocycles. The minimum atomic E-state index is -0.336. The van der Waals surface area contributed by atoms with E-state index in [4.69, 9.17) is 4.74 Å². The fourth-order valence-electron chi connectivity index (χ4n) is 3.03. The summed E-state index contributed by atoms with van der Waals surface area (Å²) in [4.78, 5) is 46.4. The highest BCUT2D eigenvalue weighted by Crippen LogP contribution is 2.22. The topological polar surface area (TPSA) is 101 Å². The number of nitrogens with one attached hydrogen (secondary N) is 1. The second kappa shape index (κ2) is 9.41. The van der Waals surface area contributed by atoms with Gasteiger partial charge in [-0.2, -0.15) is 0 Å². The van der Waals surface area contributed by atoms with Crippen molar-refractivity contribution in [3.63, 3.8) is 0 Å². The van der Waals surface area contributed by atoms with Crippen molar-refractivity contribution in [3.05, 3.63) is 41.2 Å². The first-order valence-electron chi connectivity index (χ1n) is 9.17. The number of hydrogen-bond acceptors (Lipinski definition) is 7. The lowest BCUT2D eigenvalue weighted by Gasteiger charge is -2.31. The molecular formula is C19H22N4O4S. The van der Waals surface area contributed by atoms with Gasteiger partial charge in [0, 0.05) is 42.3 Å². The maximum absolute atomic E-state index is 12.5. The van der Waals surface area contributed by atoms with E-state index in [1.165, 1.54) is 11.3 Å². The maximum atomic E-state index is 12.5. The number of anilines is 1. The molecule has 28 heavy (non-hydrogen) atoms. The largest absolute Gasteiger partial charge is 0.466 e. The van der Waals surface area contributed by atoms with Gasteiger partial charge in [0.25, 0.3) is 5.91 Å². The van der Waals surface area contributed by atoms with Crippen LogP contribution in [0.4, 0.5) is 5.13 Å². The van der Waals surface area contributed by atoms with Crippen LogP contribution < -0.4 is 5.32 Å². The molecule has 2 aromatic rings. The molecule has 0 bridgehead atoms. The van der Waals surface area contributed by atoms with Gasteiger partial charge >= 0.3 is 5.97 Å². The second-order valence-corrected chi connectivity index (χ2v) is 7.28. The Labute approximate surface area is 166 Å². The van der Waals surface area contributed by atoms with Crippen molar-refractivity contribution < 1.29 is 19.1 Å². The summed E-state index contributed by atoms with van der Waals surface area (Å²) in [6, 6.07) is 3.38. The third kappa shape index (κ3) is 5.13. The van der Waals surface area contributed by atoms with E-state index in [0.29, 0.717) is 48.9 Å². The van der Waals surface area contributed by atoms with Crippen molar-refractivity contribution in [2.75, 3.05) is 25.0 Å². The van der Waals surface area contributed by atoms with Crippen LogP contribution in [0.5, 0.6) is 0 Å². The van der Waals surface area contributed by atoms with E-state index in [0.717, 1.165) is 0 Å². The number of likely N-dealkylation sites (tertiary alicyclic amines) is 1. The molecule has 8 nitrogen and oxygen atoms in total. The Bertz CT molecular complexity index is 831. The van der Waals surface area contributed by atoms with Gasteiger partial charge in [0.05, 0.1) is 18.7 Å².